The predicted octanol–water partition coefficient (Wildman–Crippen LogP) is 0.730. The van der Waals surface area contributed by atoms with E-state index in [-0.39, 0.29) is 0 Å². The SMILES string of the molecule is CCOCC=C[Si](N(C)C)N(C)C. The zero-order chi connectivity index (χ0) is 10.3. The first-order valence-electron chi connectivity index (χ1n) is 4.55. The Balaban J connectivity index is 3.87. The number of hydrogen-bond acceptors (Lipinski definition) is 3. The van der Waals surface area contributed by atoms with Crippen molar-refractivity contribution in [2.45, 2.75) is 6.92 Å². The maximum Gasteiger partial charge on any atom is 0.257 e. The molecule has 0 rings (SSSR count). The highest BCUT2D eigenvalue weighted by atomic mass is 28.3. The summed E-state index contributed by atoms with van der Waals surface area (Å²) in [6.45, 7) is 3.53. The highest BCUT2D eigenvalue weighted by Crippen LogP contribution is 1.93. The summed E-state index contributed by atoms with van der Waals surface area (Å²) in [5.41, 5.74) is 2.25. The fraction of sp³-hybridized carbons (Fsp3) is 0.778. The summed E-state index contributed by atoms with van der Waals surface area (Å²) >= 11 is 0. The monoisotopic (exact) mass is 201 g/mol. The van der Waals surface area contributed by atoms with E-state index in [4.69, 9.17) is 4.74 Å². The van der Waals surface area contributed by atoms with E-state index in [0.717, 1.165) is 13.2 Å². The van der Waals surface area contributed by atoms with Crippen molar-refractivity contribution >= 4 is 9.12 Å². The van der Waals surface area contributed by atoms with Gasteiger partial charge >= 0.3 is 0 Å². The second kappa shape index (κ2) is 7.26. The molecule has 0 aromatic rings. The largest absolute Gasteiger partial charge is 0.378 e. The van der Waals surface area contributed by atoms with Gasteiger partial charge in [0.25, 0.3) is 9.12 Å². The number of rotatable bonds is 6. The lowest BCUT2D eigenvalue weighted by Crippen LogP contribution is -2.44. The lowest BCUT2D eigenvalue weighted by atomic mass is 10.7. The molecule has 0 aromatic carbocycles. The van der Waals surface area contributed by atoms with Crippen LogP contribution >= 0.6 is 0 Å². The van der Waals surface area contributed by atoms with Gasteiger partial charge in [0.2, 0.25) is 0 Å². The first-order chi connectivity index (χ1) is 6.09. The Morgan fingerprint density at radius 1 is 1.15 bits per heavy atom. The summed E-state index contributed by atoms with van der Waals surface area (Å²) in [6.07, 6.45) is 2.11. The maximum atomic E-state index is 5.24. The summed E-state index contributed by atoms with van der Waals surface area (Å²) in [4.78, 5) is 0. The molecule has 0 spiro atoms. The van der Waals surface area contributed by atoms with Gasteiger partial charge in [-0.3, -0.25) is 0 Å². The molecular weight excluding hydrogens is 180 g/mol. The van der Waals surface area contributed by atoms with E-state index in [2.05, 4.69) is 49.1 Å². The molecule has 13 heavy (non-hydrogen) atoms. The molecule has 1 radical (unpaired) electrons. The Hall–Kier alpha value is -0.163. The van der Waals surface area contributed by atoms with E-state index in [1.165, 1.54) is 0 Å². The van der Waals surface area contributed by atoms with Gasteiger partial charge in [0.1, 0.15) is 0 Å². The molecule has 0 aliphatic heterocycles. The lowest BCUT2D eigenvalue weighted by molar-refractivity contribution is 0.177. The zero-order valence-electron chi connectivity index (χ0n) is 9.37. The van der Waals surface area contributed by atoms with E-state index < -0.39 is 9.12 Å². The molecule has 0 amide bonds. The van der Waals surface area contributed by atoms with Gasteiger partial charge in [-0.15, -0.1) is 0 Å². The summed E-state index contributed by atoms with van der Waals surface area (Å²) in [5.74, 6) is 0. The van der Waals surface area contributed by atoms with Crippen LogP contribution in [0.4, 0.5) is 0 Å². The van der Waals surface area contributed by atoms with E-state index in [1.54, 1.807) is 0 Å². The quantitative estimate of drug-likeness (QED) is 0.465. The molecule has 0 atom stereocenters. The molecule has 4 heteroatoms. The van der Waals surface area contributed by atoms with Crippen molar-refractivity contribution in [2.24, 2.45) is 0 Å². The average molecular weight is 201 g/mol. The van der Waals surface area contributed by atoms with Gasteiger partial charge in [-0.05, 0) is 35.1 Å². The third kappa shape index (κ3) is 5.98. The minimum atomic E-state index is -0.653. The van der Waals surface area contributed by atoms with Crippen molar-refractivity contribution in [1.29, 1.82) is 0 Å². The smallest absolute Gasteiger partial charge is 0.257 e. The van der Waals surface area contributed by atoms with Crippen LogP contribution < -0.4 is 0 Å². The standard InChI is InChI=1S/C9H21N2OSi/c1-6-12-8-7-9-13(10(2)3)11(4)5/h7,9H,6,8H2,1-5H3. The van der Waals surface area contributed by atoms with Crippen molar-refractivity contribution < 1.29 is 4.74 Å². The van der Waals surface area contributed by atoms with Crippen LogP contribution in [0.25, 0.3) is 0 Å². The fourth-order valence-corrected chi connectivity index (χ4v) is 2.74. The molecule has 0 aliphatic carbocycles. The van der Waals surface area contributed by atoms with Crippen molar-refractivity contribution in [3.8, 4) is 0 Å². The van der Waals surface area contributed by atoms with E-state index in [0.29, 0.717) is 0 Å². The second-order valence-electron chi connectivity index (χ2n) is 3.21. The summed E-state index contributed by atoms with van der Waals surface area (Å²) < 4.78 is 9.75. The maximum absolute atomic E-state index is 5.24. The van der Waals surface area contributed by atoms with Crippen LogP contribution in [0.1, 0.15) is 6.92 Å². The third-order valence-corrected chi connectivity index (χ3v) is 3.97. The Morgan fingerprint density at radius 3 is 2.08 bits per heavy atom. The minimum Gasteiger partial charge on any atom is -0.378 e. The highest BCUT2D eigenvalue weighted by molar-refractivity contribution is 6.58. The predicted molar refractivity (Wildman–Crippen MR) is 58.8 cm³/mol. The van der Waals surface area contributed by atoms with E-state index in [9.17, 15) is 0 Å². The number of hydrogen-bond donors (Lipinski definition) is 0. The molecule has 0 fully saturated rings. The Bertz CT molecular complexity index is 141. The van der Waals surface area contributed by atoms with E-state index >= 15 is 0 Å². The van der Waals surface area contributed by atoms with Crippen molar-refractivity contribution in [3.63, 3.8) is 0 Å². The first kappa shape index (κ1) is 12.8. The fourth-order valence-electron chi connectivity index (χ4n) is 1.04. The van der Waals surface area contributed by atoms with Gasteiger partial charge in [-0.25, -0.2) is 0 Å². The van der Waals surface area contributed by atoms with Gasteiger partial charge in [0.05, 0.1) is 6.61 Å². The van der Waals surface area contributed by atoms with Crippen LogP contribution in [-0.2, 0) is 4.74 Å². The molecule has 0 aliphatic rings. The highest BCUT2D eigenvalue weighted by Gasteiger charge is 2.13. The van der Waals surface area contributed by atoms with Crippen molar-refractivity contribution in [3.05, 3.63) is 11.8 Å². The first-order valence-corrected chi connectivity index (χ1v) is 6.02. The summed E-state index contributed by atoms with van der Waals surface area (Å²) in [7, 11) is 7.79. The van der Waals surface area contributed by atoms with Crippen molar-refractivity contribution in [1.82, 2.24) is 9.13 Å². The molecule has 0 bridgehead atoms. The molecule has 77 valence electrons. The van der Waals surface area contributed by atoms with Crippen LogP contribution in [0.3, 0.4) is 0 Å². The van der Waals surface area contributed by atoms with Crippen molar-refractivity contribution in [2.75, 3.05) is 41.4 Å². The Morgan fingerprint density at radius 2 is 1.69 bits per heavy atom. The van der Waals surface area contributed by atoms with Crippen LogP contribution in [0.15, 0.2) is 11.8 Å². The number of ether oxygens (including phenoxy) is 1. The summed E-state index contributed by atoms with van der Waals surface area (Å²) in [5, 5.41) is 0. The van der Waals surface area contributed by atoms with Gasteiger partial charge < -0.3 is 13.9 Å². The van der Waals surface area contributed by atoms with Crippen LogP contribution in [0, 0.1) is 0 Å². The van der Waals surface area contributed by atoms with Crippen LogP contribution in [0.5, 0.6) is 0 Å². The topological polar surface area (TPSA) is 15.7 Å². The minimum absolute atomic E-state index is 0.653. The normalized spacial score (nSPS) is 12.6. The van der Waals surface area contributed by atoms with Gasteiger partial charge in [0, 0.05) is 6.61 Å². The molecule has 0 saturated carbocycles. The molecular formula is C9H21N2OSi. The van der Waals surface area contributed by atoms with Crippen LogP contribution in [0.2, 0.25) is 0 Å². The number of nitrogens with zero attached hydrogens (tertiary/aromatic N) is 2. The summed E-state index contributed by atoms with van der Waals surface area (Å²) in [6, 6.07) is 0. The van der Waals surface area contributed by atoms with Gasteiger partial charge in [0.15, 0.2) is 0 Å². The van der Waals surface area contributed by atoms with Gasteiger partial charge in [-0.2, -0.15) is 0 Å². The molecule has 0 N–H and O–H groups in total. The molecule has 0 aromatic heterocycles. The third-order valence-electron chi connectivity index (χ3n) is 1.60. The Labute approximate surface area is 83.7 Å². The lowest BCUT2D eigenvalue weighted by Gasteiger charge is -2.24. The molecule has 0 saturated heterocycles. The van der Waals surface area contributed by atoms with E-state index in [1.807, 2.05) is 6.92 Å². The van der Waals surface area contributed by atoms with Gasteiger partial charge in [-0.1, -0.05) is 11.8 Å². The van der Waals surface area contributed by atoms with Crippen LogP contribution in [-0.4, -0.2) is 59.7 Å². The Kier molecular flexibility index (Phi) is 7.17. The second-order valence-corrected chi connectivity index (χ2v) is 6.05. The molecule has 0 heterocycles. The molecule has 3 nitrogen and oxygen atoms in total. The molecule has 0 unspecified atom stereocenters. The zero-order valence-corrected chi connectivity index (χ0v) is 10.4. The average Bonchev–Trinajstić information content (AvgIpc) is 2.02.